The molecule has 3 heteroatoms. The van der Waals surface area contributed by atoms with Crippen molar-refractivity contribution in [2.45, 2.75) is 6.42 Å². The number of aliphatic hydroxyl groups excluding tert-OH is 1. The first-order valence-corrected chi connectivity index (χ1v) is 5.57. The Bertz CT molecular complexity index is 520. The molecule has 0 saturated carbocycles. The predicted octanol–water partition coefficient (Wildman–Crippen LogP) is 2.41. The van der Waals surface area contributed by atoms with Crippen molar-refractivity contribution in [2.24, 2.45) is 0 Å². The summed E-state index contributed by atoms with van der Waals surface area (Å²) in [5.41, 5.74) is 0.570. The minimum absolute atomic E-state index is 0.0873. The van der Waals surface area contributed by atoms with Crippen LogP contribution in [0.25, 0.3) is 10.8 Å². The summed E-state index contributed by atoms with van der Waals surface area (Å²) in [6, 6.07) is 11.4. The fourth-order valence-electron chi connectivity index (χ4n) is 1.77. The van der Waals surface area contributed by atoms with E-state index < -0.39 is 0 Å². The Morgan fingerprint density at radius 1 is 1.18 bits per heavy atom. The molecule has 88 valence electrons. The molecule has 0 amide bonds. The molecular weight excluding hydrogens is 216 g/mol. The van der Waals surface area contributed by atoms with Crippen LogP contribution in [0.5, 0.6) is 5.75 Å². The van der Waals surface area contributed by atoms with Gasteiger partial charge in [-0.1, -0.05) is 30.3 Å². The van der Waals surface area contributed by atoms with Crippen molar-refractivity contribution in [1.29, 1.82) is 0 Å². The minimum Gasteiger partial charge on any atom is -0.493 e. The first-order chi connectivity index (χ1) is 8.36. The van der Waals surface area contributed by atoms with Gasteiger partial charge in [-0.15, -0.1) is 0 Å². The van der Waals surface area contributed by atoms with Crippen LogP contribution in [0.15, 0.2) is 36.4 Å². The summed E-state index contributed by atoms with van der Waals surface area (Å²) in [5.74, 6) is 0.576. The third-order valence-corrected chi connectivity index (χ3v) is 2.61. The summed E-state index contributed by atoms with van der Waals surface area (Å²) < 4.78 is 5.49. The molecule has 17 heavy (non-hydrogen) atoms. The molecule has 0 aliphatic heterocycles. The van der Waals surface area contributed by atoms with Crippen molar-refractivity contribution in [3.8, 4) is 5.75 Å². The molecule has 0 spiro atoms. The monoisotopic (exact) mass is 230 g/mol. The van der Waals surface area contributed by atoms with Gasteiger partial charge in [0.05, 0.1) is 12.2 Å². The fourth-order valence-corrected chi connectivity index (χ4v) is 1.77. The summed E-state index contributed by atoms with van der Waals surface area (Å²) in [6.07, 6.45) is 1.38. The lowest BCUT2D eigenvalue weighted by Gasteiger charge is -2.09. The van der Waals surface area contributed by atoms with Crippen LogP contribution in [0.1, 0.15) is 16.8 Å². The quantitative estimate of drug-likeness (QED) is 0.633. The number of ether oxygens (including phenoxy) is 1. The maximum atomic E-state index is 11.1. The molecule has 1 N–H and O–H groups in total. The largest absolute Gasteiger partial charge is 0.493 e. The molecule has 0 bridgehead atoms. The number of aliphatic hydroxyl groups is 1. The van der Waals surface area contributed by atoms with Crippen molar-refractivity contribution in [1.82, 2.24) is 0 Å². The first kappa shape index (κ1) is 11.6. The van der Waals surface area contributed by atoms with Gasteiger partial charge in [-0.3, -0.25) is 4.79 Å². The maximum absolute atomic E-state index is 11.1. The van der Waals surface area contributed by atoms with Crippen molar-refractivity contribution in [2.75, 3.05) is 13.2 Å². The molecule has 2 rings (SSSR count). The molecule has 0 fully saturated rings. The Balaban J connectivity index is 2.39. The number of rotatable bonds is 5. The first-order valence-electron chi connectivity index (χ1n) is 5.57. The lowest BCUT2D eigenvalue weighted by molar-refractivity contribution is 0.112. The average molecular weight is 230 g/mol. The van der Waals surface area contributed by atoms with E-state index in [2.05, 4.69) is 0 Å². The van der Waals surface area contributed by atoms with E-state index in [0.717, 1.165) is 17.1 Å². The van der Waals surface area contributed by atoms with Gasteiger partial charge in [0.1, 0.15) is 5.75 Å². The van der Waals surface area contributed by atoms with Crippen LogP contribution in [0.4, 0.5) is 0 Å². The highest BCUT2D eigenvalue weighted by molar-refractivity contribution is 6.00. The van der Waals surface area contributed by atoms with Crippen LogP contribution in [-0.4, -0.2) is 24.6 Å². The Labute approximate surface area is 99.6 Å². The molecule has 0 unspecified atom stereocenters. The van der Waals surface area contributed by atoms with E-state index >= 15 is 0 Å². The topological polar surface area (TPSA) is 46.5 Å². The van der Waals surface area contributed by atoms with Gasteiger partial charge in [0, 0.05) is 13.0 Å². The van der Waals surface area contributed by atoms with Crippen molar-refractivity contribution >= 4 is 17.1 Å². The lowest BCUT2D eigenvalue weighted by Crippen LogP contribution is -2.02. The van der Waals surface area contributed by atoms with E-state index in [9.17, 15) is 4.79 Å². The molecule has 2 aromatic rings. The smallest absolute Gasteiger partial charge is 0.154 e. The number of carbonyl (C=O) groups excluding carboxylic acids is 1. The Morgan fingerprint density at radius 3 is 2.76 bits per heavy atom. The zero-order valence-electron chi connectivity index (χ0n) is 9.43. The third-order valence-electron chi connectivity index (χ3n) is 2.61. The SMILES string of the molecule is O=Cc1c(OCCCO)ccc2ccccc12. The van der Waals surface area contributed by atoms with Crippen molar-refractivity contribution < 1.29 is 14.6 Å². The zero-order chi connectivity index (χ0) is 12.1. The number of hydrogen-bond acceptors (Lipinski definition) is 3. The van der Waals surface area contributed by atoms with Crippen LogP contribution in [0, 0.1) is 0 Å². The number of aldehydes is 1. The number of fused-ring (bicyclic) bond motifs is 1. The zero-order valence-corrected chi connectivity index (χ0v) is 9.43. The summed E-state index contributed by atoms with van der Waals surface area (Å²) in [5, 5.41) is 10.6. The fraction of sp³-hybridized carbons (Fsp3) is 0.214. The Kier molecular flexibility index (Phi) is 3.73. The average Bonchev–Trinajstić information content (AvgIpc) is 2.38. The molecule has 0 aliphatic carbocycles. The highest BCUT2D eigenvalue weighted by Crippen LogP contribution is 2.26. The second-order valence-corrected chi connectivity index (χ2v) is 3.74. The molecular formula is C14H14O3. The van der Waals surface area contributed by atoms with Crippen molar-refractivity contribution in [3.63, 3.8) is 0 Å². The van der Waals surface area contributed by atoms with Crippen LogP contribution >= 0.6 is 0 Å². The lowest BCUT2D eigenvalue weighted by atomic mass is 10.0. The van der Waals surface area contributed by atoms with E-state index in [0.29, 0.717) is 24.3 Å². The van der Waals surface area contributed by atoms with E-state index in [-0.39, 0.29) is 6.61 Å². The van der Waals surface area contributed by atoms with E-state index in [4.69, 9.17) is 9.84 Å². The number of hydrogen-bond donors (Lipinski definition) is 1. The molecule has 0 radical (unpaired) electrons. The predicted molar refractivity (Wildman–Crippen MR) is 66.5 cm³/mol. The second-order valence-electron chi connectivity index (χ2n) is 3.74. The normalized spacial score (nSPS) is 10.4. The molecule has 2 aromatic carbocycles. The third kappa shape index (κ3) is 2.45. The van der Waals surface area contributed by atoms with Gasteiger partial charge < -0.3 is 9.84 Å². The molecule has 3 nitrogen and oxygen atoms in total. The van der Waals surface area contributed by atoms with Crippen molar-refractivity contribution in [3.05, 3.63) is 42.0 Å². The van der Waals surface area contributed by atoms with Gasteiger partial charge in [-0.2, -0.15) is 0 Å². The highest BCUT2D eigenvalue weighted by Gasteiger charge is 2.07. The minimum atomic E-state index is 0.0873. The van der Waals surface area contributed by atoms with Gasteiger partial charge in [-0.05, 0) is 16.8 Å². The van der Waals surface area contributed by atoms with Gasteiger partial charge >= 0.3 is 0 Å². The van der Waals surface area contributed by atoms with Crippen LogP contribution in [-0.2, 0) is 0 Å². The Morgan fingerprint density at radius 2 is 2.00 bits per heavy atom. The number of carbonyl (C=O) groups is 1. The van der Waals surface area contributed by atoms with E-state index in [1.807, 2.05) is 30.3 Å². The second kappa shape index (κ2) is 5.46. The standard InChI is InChI=1S/C14H14O3/c15-8-3-9-17-14-7-6-11-4-1-2-5-12(11)13(14)10-16/h1-2,4-7,10,15H,3,8-9H2. The summed E-state index contributed by atoms with van der Waals surface area (Å²) in [7, 11) is 0. The highest BCUT2D eigenvalue weighted by atomic mass is 16.5. The van der Waals surface area contributed by atoms with E-state index in [1.165, 1.54) is 0 Å². The maximum Gasteiger partial charge on any atom is 0.154 e. The molecule has 0 aromatic heterocycles. The molecule has 0 heterocycles. The van der Waals surface area contributed by atoms with Gasteiger partial charge in [-0.25, -0.2) is 0 Å². The molecule has 0 atom stereocenters. The van der Waals surface area contributed by atoms with Crippen LogP contribution < -0.4 is 4.74 Å². The summed E-state index contributed by atoms with van der Waals surface area (Å²) >= 11 is 0. The molecule has 0 aliphatic rings. The Hall–Kier alpha value is -1.87. The van der Waals surface area contributed by atoms with Gasteiger partial charge in [0.25, 0.3) is 0 Å². The van der Waals surface area contributed by atoms with E-state index in [1.54, 1.807) is 6.07 Å². The van der Waals surface area contributed by atoms with Gasteiger partial charge in [0.15, 0.2) is 6.29 Å². The van der Waals surface area contributed by atoms with Crippen LogP contribution in [0.2, 0.25) is 0 Å². The van der Waals surface area contributed by atoms with Crippen LogP contribution in [0.3, 0.4) is 0 Å². The summed E-state index contributed by atoms with van der Waals surface area (Å²) in [4.78, 5) is 11.1. The van der Waals surface area contributed by atoms with Gasteiger partial charge in [0.2, 0.25) is 0 Å². The summed E-state index contributed by atoms with van der Waals surface area (Å²) in [6.45, 7) is 0.500. The number of benzene rings is 2. The molecule has 0 saturated heterocycles.